The summed E-state index contributed by atoms with van der Waals surface area (Å²) in [4.78, 5) is 18.4. The van der Waals surface area contributed by atoms with E-state index in [0.29, 0.717) is 31.2 Å². The largest absolute Gasteiger partial charge is 0.487 e. The number of hydrogen-bond acceptors (Lipinski definition) is 6. The molecule has 0 saturated carbocycles. The number of likely N-dealkylation sites (tertiary alicyclic amines) is 1. The molecule has 3 heterocycles. The molecule has 1 aromatic rings. The third-order valence-corrected chi connectivity index (χ3v) is 4.98. The van der Waals surface area contributed by atoms with Gasteiger partial charge in [-0.05, 0) is 31.2 Å². The second-order valence-electron chi connectivity index (χ2n) is 6.94. The van der Waals surface area contributed by atoms with Crippen molar-refractivity contribution < 1.29 is 14.3 Å². The molecule has 3 rings (SSSR count). The van der Waals surface area contributed by atoms with Crippen LogP contribution in [-0.4, -0.2) is 54.7 Å². The maximum Gasteiger partial charge on any atom is 0.220 e. The van der Waals surface area contributed by atoms with Gasteiger partial charge in [0.25, 0.3) is 0 Å². The van der Waals surface area contributed by atoms with Crippen molar-refractivity contribution in [1.82, 2.24) is 15.2 Å². The molecule has 7 heteroatoms. The topological polar surface area (TPSA) is 87.5 Å². The van der Waals surface area contributed by atoms with Crippen LogP contribution in [0.4, 0.5) is 0 Å². The van der Waals surface area contributed by atoms with Crippen molar-refractivity contribution in [1.29, 1.82) is 5.26 Å². The molecule has 1 atom stereocenters. The number of nitrogens with zero attached hydrogens (tertiary/aromatic N) is 3. The average molecular weight is 358 g/mol. The molecule has 1 N–H and O–H groups in total. The molecule has 2 aliphatic heterocycles. The Morgan fingerprint density at radius 2 is 2.27 bits per heavy atom. The minimum absolute atomic E-state index is 0.0595. The monoisotopic (exact) mass is 358 g/mol. The number of carbonyl (C=O) groups is 1. The van der Waals surface area contributed by atoms with E-state index >= 15 is 0 Å². The first-order valence-corrected chi connectivity index (χ1v) is 9.28. The lowest BCUT2D eigenvalue weighted by Crippen LogP contribution is -2.28. The highest BCUT2D eigenvalue weighted by Gasteiger charge is 2.24. The lowest BCUT2D eigenvalue weighted by molar-refractivity contribution is -0.122. The van der Waals surface area contributed by atoms with Crippen LogP contribution in [0.5, 0.6) is 5.75 Å². The molecule has 2 aliphatic rings. The highest BCUT2D eigenvalue weighted by Crippen LogP contribution is 2.22. The van der Waals surface area contributed by atoms with Crippen molar-refractivity contribution in [3.63, 3.8) is 0 Å². The van der Waals surface area contributed by atoms with Gasteiger partial charge in [-0.3, -0.25) is 14.7 Å². The van der Waals surface area contributed by atoms with Gasteiger partial charge in [0.15, 0.2) is 0 Å². The summed E-state index contributed by atoms with van der Waals surface area (Å²) < 4.78 is 11.4. The fourth-order valence-corrected chi connectivity index (χ4v) is 3.46. The van der Waals surface area contributed by atoms with Crippen molar-refractivity contribution in [2.24, 2.45) is 5.92 Å². The molecule has 1 amide bonds. The van der Waals surface area contributed by atoms with Crippen molar-refractivity contribution in [3.05, 3.63) is 24.0 Å². The van der Waals surface area contributed by atoms with Gasteiger partial charge in [-0.25, -0.2) is 0 Å². The first kappa shape index (κ1) is 18.6. The summed E-state index contributed by atoms with van der Waals surface area (Å²) >= 11 is 0. The molecular weight excluding hydrogens is 332 g/mol. The van der Waals surface area contributed by atoms with E-state index in [1.807, 2.05) is 6.07 Å². The lowest BCUT2D eigenvalue weighted by Gasteiger charge is -2.21. The van der Waals surface area contributed by atoms with E-state index < -0.39 is 0 Å². The molecule has 7 nitrogen and oxygen atoms in total. The zero-order valence-corrected chi connectivity index (χ0v) is 15.0. The zero-order chi connectivity index (χ0) is 18.2. The van der Waals surface area contributed by atoms with Gasteiger partial charge in [-0.15, -0.1) is 0 Å². The molecule has 0 unspecified atom stereocenters. The second kappa shape index (κ2) is 9.51. The van der Waals surface area contributed by atoms with Crippen LogP contribution in [0.15, 0.2) is 18.5 Å². The predicted octanol–water partition coefficient (Wildman–Crippen LogP) is 1.49. The van der Waals surface area contributed by atoms with Crippen LogP contribution in [-0.2, 0) is 16.1 Å². The maximum absolute atomic E-state index is 12.2. The molecule has 0 aromatic carbocycles. The minimum Gasteiger partial charge on any atom is -0.487 e. The smallest absolute Gasteiger partial charge is 0.220 e. The molecule has 1 aromatic heterocycles. The summed E-state index contributed by atoms with van der Waals surface area (Å²) in [6, 6.07) is 4.06. The highest BCUT2D eigenvalue weighted by molar-refractivity contribution is 5.76. The van der Waals surface area contributed by atoms with E-state index in [2.05, 4.69) is 21.3 Å². The van der Waals surface area contributed by atoms with Crippen LogP contribution in [0.25, 0.3) is 0 Å². The van der Waals surface area contributed by atoms with E-state index in [1.165, 1.54) is 0 Å². The fourth-order valence-electron chi connectivity index (χ4n) is 3.46. The molecule has 140 valence electrons. The molecule has 0 spiro atoms. The van der Waals surface area contributed by atoms with Crippen LogP contribution < -0.4 is 10.1 Å². The van der Waals surface area contributed by atoms with E-state index in [1.54, 1.807) is 12.4 Å². The van der Waals surface area contributed by atoms with Crippen LogP contribution in [0.1, 0.15) is 31.2 Å². The Balaban J connectivity index is 1.49. The molecule has 2 fully saturated rings. The Kier molecular flexibility index (Phi) is 6.81. The predicted molar refractivity (Wildman–Crippen MR) is 95.3 cm³/mol. The molecule has 0 bridgehead atoms. The Bertz CT molecular complexity index is 640. The van der Waals surface area contributed by atoms with Gasteiger partial charge in [-0.2, -0.15) is 5.26 Å². The number of nitrogens with one attached hydrogen (secondary N) is 1. The average Bonchev–Trinajstić information content (AvgIpc) is 3.09. The molecule has 2 saturated heterocycles. The van der Waals surface area contributed by atoms with Gasteiger partial charge in [-0.1, -0.05) is 0 Å². The molecule has 0 radical (unpaired) electrons. The number of hydrogen-bond donors (Lipinski definition) is 1. The van der Waals surface area contributed by atoms with Crippen LogP contribution >= 0.6 is 0 Å². The standard InChI is InChI=1S/C19H26N4O3/c20-5-8-23-7-2-17(14-23)26-18-13-21-6-1-16(18)12-22-19(24)11-15-3-9-25-10-4-15/h1,6,13,15,17H,2-4,7-12,14H2,(H,22,24)/t17-/m0/s1. The van der Waals surface area contributed by atoms with E-state index in [0.717, 1.165) is 51.1 Å². The second-order valence-corrected chi connectivity index (χ2v) is 6.94. The van der Waals surface area contributed by atoms with E-state index in [-0.39, 0.29) is 12.0 Å². The first-order valence-electron chi connectivity index (χ1n) is 9.28. The lowest BCUT2D eigenvalue weighted by atomic mass is 9.96. The number of carbonyl (C=O) groups excluding carboxylic acids is 1. The van der Waals surface area contributed by atoms with Crippen LogP contribution in [0.2, 0.25) is 0 Å². The van der Waals surface area contributed by atoms with Gasteiger partial charge in [0.1, 0.15) is 11.9 Å². The third-order valence-electron chi connectivity index (χ3n) is 4.98. The molecule has 26 heavy (non-hydrogen) atoms. The third kappa shape index (κ3) is 5.41. The van der Waals surface area contributed by atoms with Crippen molar-refractivity contribution in [2.75, 3.05) is 32.8 Å². The first-order chi connectivity index (χ1) is 12.7. The summed E-state index contributed by atoms with van der Waals surface area (Å²) in [5, 5.41) is 11.8. The number of aromatic nitrogens is 1. The number of amides is 1. The molecular formula is C19H26N4O3. The number of nitriles is 1. The van der Waals surface area contributed by atoms with Crippen LogP contribution in [0.3, 0.4) is 0 Å². The normalized spacial score (nSPS) is 21.3. The van der Waals surface area contributed by atoms with Crippen molar-refractivity contribution in [2.45, 2.75) is 38.3 Å². The van der Waals surface area contributed by atoms with E-state index in [9.17, 15) is 4.79 Å². The summed E-state index contributed by atoms with van der Waals surface area (Å²) in [6.07, 6.45) is 6.83. The number of ether oxygens (including phenoxy) is 2. The summed E-state index contributed by atoms with van der Waals surface area (Å²) in [7, 11) is 0. The maximum atomic E-state index is 12.2. The Hall–Kier alpha value is -2.17. The fraction of sp³-hybridized carbons (Fsp3) is 0.632. The zero-order valence-electron chi connectivity index (χ0n) is 15.0. The van der Waals surface area contributed by atoms with E-state index in [4.69, 9.17) is 14.7 Å². The van der Waals surface area contributed by atoms with Crippen LogP contribution in [0, 0.1) is 17.2 Å². The summed E-state index contributed by atoms with van der Waals surface area (Å²) in [5.74, 6) is 1.20. The Labute approximate surface area is 154 Å². The minimum atomic E-state index is 0.0595. The van der Waals surface area contributed by atoms with Gasteiger partial charge in [0, 0.05) is 51.0 Å². The number of pyridine rings is 1. The SMILES string of the molecule is N#CCN1CC[C@H](Oc2cnccc2CNC(=O)CC2CCOCC2)C1. The van der Waals surface area contributed by atoms with Gasteiger partial charge in [0.2, 0.25) is 5.91 Å². The summed E-state index contributed by atoms with van der Waals surface area (Å²) in [5.41, 5.74) is 0.930. The Morgan fingerprint density at radius 1 is 1.42 bits per heavy atom. The van der Waals surface area contributed by atoms with Gasteiger partial charge >= 0.3 is 0 Å². The quantitative estimate of drug-likeness (QED) is 0.743. The number of rotatable bonds is 7. The summed E-state index contributed by atoms with van der Waals surface area (Å²) in [6.45, 7) is 4.00. The van der Waals surface area contributed by atoms with Crippen molar-refractivity contribution >= 4 is 5.91 Å². The van der Waals surface area contributed by atoms with Gasteiger partial charge < -0.3 is 14.8 Å². The molecule has 0 aliphatic carbocycles. The Morgan fingerprint density at radius 3 is 3.08 bits per heavy atom. The van der Waals surface area contributed by atoms with Crippen molar-refractivity contribution in [3.8, 4) is 11.8 Å². The highest BCUT2D eigenvalue weighted by atomic mass is 16.5. The van der Waals surface area contributed by atoms with Gasteiger partial charge in [0.05, 0.1) is 18.8 Å².